The zero-order valence-corrected chi connectivity index (χ0v) is 18.7. The van der Waals surface area contributed by atoms with Gasteiger partial charge in [0.2, 0.25) is 0 Å². The maximum absolute atomic E-state index is 13.9. The zero-order chi connectivity index (χ0) is 23.0. The number of hydrogen-bond acceptors (Lipinski definition) is 4. The molecule has 0 radical (unpaired) electrons. The van der Waals surface area contributed by atoms with E-state index in [1.165, 1.54) is 17.0 Å². The van der Waals surface area contributed by atoms with Gasteiger partial charge in [-0.05, 0) is 37.4 Å². The second kappa shape index (κ2) is 8.88. The van der Waals surface area contributed by atoms with Crippen molar-refractivity contribution in [1.29, 1.82) is 0 Å². The Morgan fingerprint density at radius 3 is 2.66 bits per heavy atom. The van der Waals surface area contributed by atoms with Crippen LogP contribution in [0.5, 0.6) is 0 Å². The molecule has 8 heteroatoms. The van der Waals surface area contributed by atoms with Crippen molar-refractivity contribution in [2.24, 2.45) is 0 Å². The van der Waals surface area contributed by atoms with E-state index in [2.05, 4.69) is 23.7 Å². The molecule has 0 bridgehead atoms. The third kappa shape index (κ3) is 3.73. The second-order valence-electron chi connectivity index (χ2n) is 8.18. The van der Waals surface area contributed by atoms with Crippen molar-refractivity contribution in [2.45, 2.75) is 26.9 Å². The van der Waals surface area contributed by atoms with Crippen LogP contribution in [0.4, 0.5) is 10.1 Å². The minimum Gasteiger partial charge on any atom is -0.392 e. The fraction of sp³-hybridized carbons (Fsp3) is 0.417. The van der Waals surface area contributed by atoms with E-state index in [0.717, 1.165) is 25.3 Å². The van der Waals surface area contributed by atoms with Gasteiger partial charge in [-0.25, -0.2) is 4.39 Å². The van der Waals surface area contributed by atoms with Gasteiger partial charge < -0.3 is 24.8 Å². The number of hydrogen-bond donors (Lipinski definition) is 2. The fourth-order valence-corrected chi connectivity index (χ4v) is 4.58. The van der Waals surface area contributed by atoms with E-state index in [1.54, 1.807) is 19.2 Å². The van der Waals surface area contributed by atoms with Crippen molar-refractivity contribution in [2.75, 3.05) is 44.7 Å². The lowest BCUT2D eigenvalue weighted by Crippen LogP contribution is -2.42. The van der Waals surface area contributed by atoms with Gasteiger partial charge in [0, 0.05) is 55.6 Å². The smallest absolute Gasteiger partial charge is 0.258 e. The number of rotatable bonds is 7. The van der Waals surface area contributed by atoms with Crippen LogP contribution < -0.4 is 4.90 Å². The number of aliphatic hydroxyl groups is 1. The number of halogens is 1. The number of H-pyrrole nitrogens is 1. The number of amides is 2. The van der Waals surface area contributed by atoms with Crippen molar-refractivity contribution in [3.8, 4) is 0 Å². The number of aromatic nitrogens is 1. The molecular formula is C24H29FN4O3. The van der Waals surface area contributed by atoms with Crippen molar-refractivity contribution >= 4 is 29.2 Å². The lowest BCUT2D eigenvalue weighted by Gasteiger charge is -2.29. The lowest BCUT2D eigenvalue weighted by molar-refractivity contribution is -0.112. The van der Waals surface area contributed by atoms with Gasteiger partial charge in [-0.1, -0.05) is 13.8 Å². The minimum absolute atomic E-state index is 0.107. The average Bonchev–Trinajstić information content (AvgIpc) is 3.26. The summed E-state index contributed by atoms with van der Waals surface area (Å²) in [5, 5.41) is 10.1. The van der Waals surface area contributed by atoms with Crippen molar-refractivity contribution in [3.05, 3.63) is 52.1 Å². The third-order valence-electron chi connectivity index (χ3n) is 6.52. The van der Waals surface area contributed by atoms with Crippen molar-refractivity contribution in [1.82, 2.24) is 14.8 Å². The highest BCUT2D eigenvalue weighted by Gasteiger charge is 2.33. The highest BCUT2D eigenvalue weighted by molar-refractivity contribution is 6.35. The Labute approximate surface area is 187 Å². The number of aromatic amines is 1. The molecule has 0 atom stereocenters. The first-order valence-electron chi connectivity index (χ1n) is 11.0. The molecule has 1 aromatic carbocycles. The fourth-order valence-electron chi connectivity index (χ4n) is 4.58. The molecule has 0 saturated carbocycles. The number of carbonyl (C=O) groups excluding carboxylic acids is 2. The maximum atomic E-state index is 13.9. The Morgan fingerprint density at radius 2 is 1.97 bits per heavy atom. The average molecular weight is 441 g/mol. The summed E-state index contributed by atoms with van der Waals surface area (Å²) in [5.41, 5.74) is 3.72. The summed E-state index contributed by atoms with van der Waals surface area (Å²) in [6, 6.07) is 4.24. The Hall–Kier alpha value is -2.97. The van der Waals surface area contributed by atoms with Crippen molar-refractivity contribution in [3.63, 3.8) is 0 Å². The molecule has 2 aliphatic heterocycles. The van der Waals surface area contributed by atoms with E-state index in [0.29, 0.717) is 53.2 Å². The molecule has 32 heavy (non-hydrogen) atoms. The number of likely N-dealkylation sites (N-methyl/N-ethyl adjacent to an activating group) is 2. The van der Waals surface area contributed by atoms with Crippen LogP contribution in [-0.4, -0.2) is 71.5 Å². The summed E-state index contributed by atoms with van der Waals surface area (Å²) in [6.07, 6.45) is 2.27. The number of carbonyl (C=O) groups is 2. The highest BCUT2D eigenvalue weighted by Crippen LogP contribution is 2.38. The van der Waals surface area contributed by atoms with Crippen LogP contribution in [-0.2, 0) is 17.8 Å². The molecule has 7 nitrogen and oxygen atoms in total. The molecule has 0 unspecified atom stereocenters. The van der Waals surface area contributed by atoms with Crippen LogP contribution in [0, 0.1) is 5.82 Å². The van der Waals surface area contributed by atoms with Gasteiger partial charge >= 0.3 is 0 Å². The van der Waals surface area contributed by atoms with Gasteiger partial charge in [0.25, 0.3) is 11.8 Å². The van der Waals surface area contributed by atoms with Crippen LogP contribution in [0.25, 0.3) is 11.6 Å². The largest absolute Gasteiger partial charge is 0.392 e. The number of nitrogens with one attached hydrogen (secondary N) is 1. The molecule has 170 valence electrons. The molecule has 0 fully saturated rings. The number of aliphatic hydroxyl groups excluding tert-OH is 1. The van der Waals surface area contributed by atoms with E-state index < -0.39 is 5.82 Å². The maximum Gasteiger partial charge on any atom is 0.258 e. The highest BCUT2D eigenvalue weighted by atomic mass is 19.1. The molecule has 2 aliphatic rings. The summed E-state index contributed by atoms with van der Waals surface area (Å²) < 4.78 is 13.9. The van der Waals surface area contributed by atoms with Crippen LogP contribution in [0.3, 0.4) is 0 Å². The molecule has 1 aromatic heterocycles. The van der Waals surface area contributed by atoms with Gasteiger partial charge in [-0.3, -0.25) is 9.59 Å². The number of anilines is 1. The molecule has 0 saturated heterocycles. The van der Waals surface area contributed by atoms with Gasteiger partial charge in [0.05, 0.1) is 23.4 Å². The van der Waals surface area contributed by atoms with Crippen LogP contribution in [0.2, 0.25) is 0 Å². The first kappa shape index (κ1) is 22.2. The van der Waals surface area contributed by atoms with Gasteiger partial charge in [0.1, 0.15) is 5.82 Å². The Bertz CT molecular complexity index is 1090. The van der Waals surface area contributed by atoms with Crippen LogP contribution in [0.1, 0.15) is 46.7 Å². The lowest BCUT2D eigenvalue weighted by atomic mass is 10.0. The molecule has 4 rings (SSSR count). The van der Waals surface area contributed by atoms with Crippen LogP contribution >= 0.6 is 0 Å². The molecule has 0 aliphatic carbocycles. The summed E-state index contributed by atoms with van der Waals surface area (Å²) in [5.74, 6) is -0.788. The monoisotopic (exact) mass is 440 g/mol. The van der Waals surface area contributed by atoms with E-state index in [4.69, 9.17) is 0 Å². The second-order valence-corrected chi connectivity index (χ2v) is 8.18. The minimum atomic E-state index is -0.426. The SMILES string of the molecule is CCN(CC)CCN1CCc2[nH]c(/C=C3\C(=O)N(C)c4ccc(F)cc43)c(CO)c2C1=O. The first-order valence-corrected chi connectivity index (χ1v) is 11.0. The first-order chi connectivity index (χ1) is 15.4. The summed E-state index contributed by atoms with van der Waals surface area (Å²) >= 11 is 0. The summed E-state index contributed by atoms with van der Waals surface area (Å²) in [4.78, 5) is 34.9. The number of nitrogens with zero attached hydrogens (tertiary/aromatic N) is 3. The predicted octanol–water partition coefficient (Wildman–Crippen LogP) is 2.50. The molecule has 0 spiro atoms. The molecule has 2 aromatic rings. The van der Waals surface area contributed by atoms with Gasteiger partial charge in [-0.15, -0.1) is 0 Å². The van der Waals surface area contributed by atoms with Gasteiger partial charge in [-0.2, -0.15) is 0 Å². The predicted molar refractivity (Wildman–Crippen MR) is 122 cm³/mol. The quantitative estimate of drug-likeness (QED) is 0.649. The topological polar surface area (TPSA) is 79.9 Å². The van der Waals surface area contributed by atoms with Gasteiger partial charge in [0.15, 0.2) is 0 Å². The van der Waals surface area contributed by atoms with E-state index >= 15 is 0 Å². The zero-order valence-electron chi connectivity index (χ0n) is 18.7. The Balaban J connectivity index is 1.68. The number of fused-ring (bicyclic) bond motifs is 2. The molecular weight excluding hydrogens is 411 g/mol. The summed E-state index contributed by atoms with van der Waals surface area (Å²) in [6.45, 7) is 7.75. The number of benzene rings is 1. The molecule has 2 amide bonds. The van der Waals surface area contributed by atoms with Crippen molar-refractivity contribution < 1.29 is 19.1 Å². The normalized spacial score (nSPS) is 17.0. The molecule has 3 heterocycles. The Morgan fingerprint density at radius 1 is 1.22 bits per heavy atom. The summed E-state index contributed by atoms with van der Waals surface area (Å²) in [7, 11) is 1.64. The van der Waals surface area contributed by atoms with E-state index in [-0.39, 0.29) is 18.4 Å². The third-order valence-corrected chi connectivity index (χ3v) is 6.52. The molecule has 2 N–H and O–H groups in total. The van der Waals surface area contributed by atoms with E-state index in [1.807, 2.05) is 4.90 Å². The standard InChI is InChI=1S/C24H29FN4O3/c1-4-28(5-2)10-11-29-9-8-19-22(24(29)32)18(14-30)20(26-19)13-17-16-12-15(25)6-7-21(16)27(3)23(17)31/h6-7,12-13,26,30H,4-5,8-11,14H2,1-3H3/b17-13-. The van der Waals surface area contributed by atoms with E-state index in [9.17, 15) is 19.1 Å². The Kier molecular flexibility index (Phi) is 6.17. The van der Waals surface area contributed by atoms with Crippen LogP contribution in [0.15, 0.2) is 18.2 Å².